The SMILES string of the molecule is C[C@H](NC(=O)OC(C)(C)C)[C@@H]1CCN(c2c(F)cc3c(=O)[nH]c(=O)n(C4CC4)c3c2C(F)F)C1. The lowest BCUT2D eigenvalue weighted by molar-refractivity contribution is 0.0494. The lowest BCUT2D eigenvalue weighted by Gasteiger charge is -2.27. The van der Waals surface area contributed by atoms with Gasteiger partial charge < -0.3 is 15.0 Å². The number of hydrogen-bond acceptors (Lipinski definition) is 5. The van der Waals surface area contributed by atoms with Gasteiger partial charge >= 0.3 is 11.8 Å². The van der Waals surface area contributed by atoms with E-state index in [0.29, 0.717) is 19.3 Å². The monoisotopic (exact) mass is 482 g/mol. The minimum Gasteiger partial charge on any atom is -0.444 e. The van der Waals surface area contributed by atoms with Gasteiger partial charge in [0.05, 0.1) is 22.2 Å². The van der Waals surface area contributed by atoms with Crippen LogP contribution >= 0.6 is 0 Å². The fourth-order valence-electron chi connectivity index (χ4n) is 4.63. The predicted molar refractivity (Wildman–Crippen MR) is 121 cm³/mol. The molecule has 11 heteroatoms. The van der Waals surface area contributed by atoms with Crippen LogP contribution in [0.2, 0.25) is 0 Å². The number of halogens is 3. The first-order chi connectivity index (χ1) is 15.9. The van der Waals surface area contributed by atoms with Crippen LogP contribution in [0.5, 0.6) is 0 Å². The summed E-state index contributed by atoms with van der Waals surface area (Å²) in [5.41, 5.74) is -3.47. The molecule has 0 bridgehead atoms. The summed E-state index contributed by atoms with van der Waals surface area (Å²) >= 11 is 0. The number of nitrogens with one attached hydrogen (secondary N) is 2. The van der Waals surface area contributed by atoms with E-state index in [4.69, 9.17) is 4.74 Å². The number of aromatic nitrogens is 2. The van der Waals surface area contributed by atoms with E-state index in [2.05, 4.69) is 10.3 Å². The van der Waals surface area contributed by atoms with Gasteiger partial charge in [-0.25, -0.2) is 22.8 Å². The number of carbonyl (C=O) groups excluding carboxylic acids is 1. The van der Waals surface area contributed by atoms with Crippen molar-refractivity contribution in [2.75, 3.05) is 18.0 Å². The molecular formula is C23H29F3N4O4. The highest BCUT2D eigenvalue weighted by Crippen LogP contribution is 2.43. The number of rotatable bonds is 5. The molecule has 34 heavy (non-hydrogen) atoms. The van der Waals surface area contributed by atoms with Crippen LogP contribution in [0, 0.1) is 11.7 Å². The Morgan fingerprint density at radius 2 is 1.91 bits per heavy atom. The number of aromatic amines is 1. The van der Waals surface area contributed by atoms with Crippen molar-refractivity contribution < 1.29 is 22.7 Å². The molecule has 2 fully saturated rings. The fraction of sp³-hybridized carbons (Fsp3) is 0.609. The maximum absolute atomic E-state index is 15.2. The third-order valence-electron chi connectivity index (χ3n) is 6.31. The number of benzene rings is 1. The molecule has 1 aromatic heterocycles. The number of alkyl carbamates (subject to hydrolysis) is 1. The number of anilines is 1. The molecule has 2 atom stereocenters. The Morgan fingerprint density at radius 1 is 1.24 bits per heavy atom. The number of hydrogen-bond donors (Lipinski definition) is 2. The summed E-state index contributed by atoms with van der Waals surface area (Å²) in [6.45, 7) is 7.52. The Labute approximate surface area is 194 Å². The van der Waals surface area contributed by atoms with Gasteiger partial charge in [0.2, 0.25) is 0 Å². The molecule has 186 valence electrons. The zero-order valence-corrected chi connectivity index (χ0v) is 19.6. The zero-order chi connectivity index (χ0) is 24.9. The van der Waals surface area contributed by atoms with Crippen molar-refractivity contribution >= 4 is 22.7 Å². The van der Waals surface area contributed by atoms with Gasteiger partial charge in [0, 0.05) is 25.2 Å². The first-order valence-electron chi connectivity index (χ1n) is 11.4. The van der Waals surface area contributed by atoms with Gasteiger partial charge in [0.15, 0.2) is 0 Å². The average molecular weight is 483 g/mol. The number of amides is 1. The fourth-order valence-corrected chi connectivity index (χ4v) is 4.63. The molecule has 1 aliphatic heterocycles. The van der Waals surface area contributed by atoms with Crippen LogP contribution < -0.4 is 21.5 Å². The largest absolute Gasteiger partial charge is 0.444 e. The van der Waals surface area contributed by atoms with Crippen molar-refractivity contribution in [1.29, 1.82) is 0 Å². The molecule has 0 unspecified atom stereocenters. The molecule has 1 aliphatic carbocycles. The van der Waals surface area contributed by atoms with E-state index in [1.807, 2.05) is 0 Å². The second-order valence-corrected chi connectivity index (χ2v) is 10.1. The summed E-state index contributed by atoms with van der Waals surface area (Å²) in [7, 11) is 0. The van der Waals surface area contributed by atoms with Crippen LogP contribution in [0.4, 0.5) is 23.7 Å². The molecule has 1 saturated carbocycles. The van der Waals surface area contributed by atoms with Gasteiger partial charge in [-0.05, 0) is 58.9 Å². The molecule has 2 N–H and O–H groups in total. The molecular weight excluding hydrogens is 453 g/mol. The van der Waals surface area contributed by atoms with Crippen LogP contribution in [0.3, 0.4) is 0 Å². The quantitative estimate of drug-likeness (QED) is 0.675. The lowest BCUT2D eigenvalue weighted by Crippen LogP contribution is -2.42. The highest BCUT2D eigenvalue weighted by Gasteiger charge is 2.36. The number of nitrogens with zero attached hydrogens (tertiary/aromatic N) is 2. The van der Waals surface area contributed by atoms with Crippen molar-refractivity contribution in [2.45, 2.75) is 71.1 Å². The van der Waals surface area contributed by atoms with Crippen molar-refractivity contribution in [3.8, 4) is 0 Å². The normalized spacial score (nSPS) is 19.6. The second kappa shape index (κ2) is 8.66. The van der Waals surface area contributed by atoms with E-state index in [1.54, 1.807) is 27.7 Å². The van der Waals surface area contributed by atoms with Gasteiger partial charge in [0.25, 0.3) is 12.0 Å². The van der Waals surface area contributed by atoms with Crippen molar-refractivity contribution in [3.05, 3.63) is 38.3 Å². The lowest BCUT2D eigenvalue weighted by atomic mass is 10.0. The molecule has 2 aliphatic rings. The maximum Gasteiger partial charge on any atom is 0.407 e. The number of H-pyrrole nitrogens is 1. The van der Waals surface area contributed by atoms with Gasteiger partial charge in [-0.1, -0.05) is 0 Å². The third-order valence-corrected chi connectivity index (χ3v) is 6.31. The molecule has 0 radical (unpaired) electrons. The van der Waals surface area contributed by atoms with Crippen LogP contribution in [-0.2, 0) is 4.74 Å². The van der Waals surface area contributed by atoms with E-state index in [0.717, 1.165) is 6.07 Å². The van der Waals surface area contributed by atoms with Crippen LogP contribution in [-0.4, -0.2) is 40.4 Å². The van der Waals surface area contributed by atoms with E-state index < -0.39 is 40.7 Å². The zero-order valence-electron chi connectivity index (χ0n) is 19.6. The first kappa shape index (κ1) is 24.2. The summed E-state index contributed by atoms with van der Waals surface area (Å²) in [6, 6.07) is 0.293. The molecule has 8 nitrogen and oxygen atoms in total. The Hall–Kier alpha value is -2.98. The molecule has 0 spiro atoms. The summed E-state index contributed by atoms with van der Waals surface area (Å²) in [5, 5.41) is 2.49. The molecule has 2 heterocycles. The second-order valence-electron chi connectivity index (χ2n) is 10.1. The number of carbonyl (C=O) groups is 1. The molecule has 4 rings (SSSR count). The van der Waals surface area contributed by atoms with Crippen molar-refractivity contribution in [1.82, 2.24) is 14.9 Å². The third kappa shape index (κ3) is 4.65. The van der Waals surface area contributed by atoms with Crippen molar-refractivity contribution in [2.24, 2.45) is 5.92 Å². The highest BCUT2D eigenvalue weighted by molar-refractivity contribution is 5.88. The predicted octanol–water partition coefficient (Wildman–Crippen LogP) is 3.84. The van der Waals surface area contributed by atoms with E-state index in [1.165, 1.54) is 9.47 Å². The maximum atomic E-state index is 15.2. The molecule has 2 aromatic rings. The minimum absolute atomic E-state index is 0.141. The molecule has 1 aromatic carbocycles. The Kier molecular flexibility index (Phi) is 6.15. The highest BCUT2D eigenvalue weighted by atomic mass is 19.3. The minimum atomic E-state index is -3.10. The van der Waals surface area contributed by atoms with Gasteiger partial charge in [-0.15, -0.1) is 0 Å². The Bertz CT molecular complexity index is 1230. The molecule has 1 amide bonds. The Balaban J connectivity index is 1.70. The summed E-state index contributed by atoms with van der Waals surface area (Å²) in [4.78, 5) is 40.6. The summed E-state index contributed by atoms with van der Waals surface area (Å²) < 4.78 is 50.5. The Morgan fingerprint density at radius 3 is 2.50 bits per heavy atom. The van der Waals surface area contributed by atoms with Crippen molar-refractivity contribution in [3.63, 3.8) is 0 Å². The first-order valence-corrected chi connectivity index (χ1v) is 11.4. The van der Waals surface area contributed by atoms with Crippen LogP contribution in [0.25, 0.3) is 10.9 Å². The number of ether oxygens (including phenoxy) is 1. The average Bonchev–Trinajstić information content (AvgIpc) is 3.41. The number of alkyl halides is 2. The van der Waals surface area contributed by atoms with E-state index in [9.17, 15) is 23.2 Å². The van der Waals surface area contributed by atoms with E-state index >= 15 is 4.39 Å². The summed E-state index contributed by atoms with van der Waals surface area (Å²) in [5.74, 6) is -1.08. The smallest absolute Gasteiger partial charge is 0.407 e. The van der Waals surface area contributed by atoms with Crippen LogP contribution in [0.15, 0.2) is 15.7 Å². The standard InChI is InChI=1S/C23H29F3N4O4/c1-11(27-22(33)34-23(2,3)4)12-7-8-29(10-12)18-15(24)9-14-17(16(18)19(25)26)30(13-5-6-13)21(32)28-20(14)31/h9,11-13,19H,5-8,10H2,1-4H3,(H,27,33)(H,28,31,32)/t11-,12+/m0/s1. The van der Waals surface area contributed by atoms with E-state index in [-0.39, 0.29) is 47.7 Å². The topological polar surface area (TPSA) is 96.4 Å². The van der Waals surface area contributed by atoms with Gasteiger partial charge in [-0.3, -0.25) is 14.3 Å². The van der Waals surface area contributed by atoms with Crippen LogP contribution in [0.1, 0.15) is 65.0 Å². The molecule has 1 saturated heterocycles. The van der Waals surface area contributed by atoms with Gasteiger partial charge in [0.1, 0.15) is 11.4 Å². The van der Waals surface area contributed by atoms with Gasteiger partial charge in [-0.2, -0.15) is 0 Å². The number of fused-ring (bicyclic) bond motifs is 1. The summed E-state index contributed by atoms with van der Waals surface area (Å²) in [6.07, 6.45) is -1.92.